The fourth-order valence-corrected chi connectivity index (χ4v) is 2.70. The molecule has 1 nitrogen and oxygen atoms in total. The lowest BCUT2D eigenvalue weighted by atomic mass is 10.1. The first kappa shape index (κ1) is 17.0. The third-order valence-electron chi connectivity index (χ3n) is 3.23. The summed E-state index contributed by atoms with van der Waals surface area (Å²) in [4.78, 5) is 11.8. The Morgan fingerprint density at radius 2 is 1.75 bits per heavy atom. The molecule has 2 heteroatoms. The molecule has 0 bridgehead atoms. The lowest BCUT2D eigenvalue weighted by molar-refractivity contribution is 0.102. The van der Waals surface area contributed by atoms with Gasteiger partial charge in [0.1, 0.15) is 0 Å². The van der Waals surface area contributed by atoms with Crippen molar-refractivity contribution in [2.24, 2.45) is 0 Å². The van der Waals surface area contributed by atoms with Crippen molar-refractivity contribution in [2.45, 2.75) is 51.9 Å². The van der Waals surface area contributed by atoms with E-state index in [1.807, 2.05) is 30.3 Å². The zero-order valence-electron chi connectivity index (χ0n) is 12.5. The average molecular weight is 290 g/mol. The third-order valence-corrected chi connectivity index (χ3v) is 4.04. The first-order valence-electron chi connectivity index (χ1n) is 7.69. The molecular weight excluding hydrogens is 264 g/mol. The summed E-state index contributed by atoms with van der Waals surface area (Å²) in [6, 6.07) is 9.51. The molecule has 0 N–H and O–H groups in total. The van der Waals surface area contributed by atoms with Crippen LogP contribution in [0.3, 0.4) is 0 Å². The molecular formula is C18H26OS. The van der Waals surface area contributed by atoms with Gasteiger partial charge in [0.05, 0.1) is 5.75 Å². The Labute approximate surface area is 127 Å². The number of Topliss-reactive ketones (excluding diaryl/α,β-unsaturated/α-hetero) is 1. The SMILES string of the molecule is CCCCCCCC/C=C\SCC(=O)c1ccccc1. The molecule has 0 fully saturated rings. The number of hydrogen-bond donors (Lipinski definition) is 0. The zero-order valence-corrected chi connectivity index (χ0v) is 13.3. The molecule has 0 radical (unpaired) electrons. The minimum atomic E-state index is 0.208. The van der Waals surface area contributed by atoms with Gasteiger partial charge in [0.25, 0.3) is 0 Å². The molecule has 0 aliphatic heterocycles. The molecule has 0 atom stereocenters. The normalized spacial score (nSPS) is 11.1. The Morgan fingerprint density at radius 1 is 1.05 bits per heavy atom. The van der Waals surface area contributed by atoms with E-state index in [1.54, 1.807) is 11.8 Å². The molecule has 0 aliphatic rings. The Kier molecular flexibility index (Phi) is 10.0. The second kappa shape index (κ2) is 11.8. The van der Waals surface area contributed by atoms with E-state index >= 15 is 0 Å². The first-order chi connectivity index (χ1) is 9.84. The van der Waals surface area contributed by atoms with E-state index in [-0.39, 0.29) is 5.78 Å². The molecule has 0 aromatic heterocycles. The highest BCUT2D eigenvalue weighted by Gasteiger charge is 2.02. The van der Waals surface area contributed by atoms with E-state index in [4.69, 9.17) is 0 Å². The number of unbranched alkanes of at least 4 members (excludes halogenated alkanes) is 6. The van der Waals surface area contributed by atoms with Gasteiger partial charge in [-0.25, -0.2) is 0 Å². The van der Waals surface area contributed by atoms with Crippen LogP contribution in [0.15, 0.2) is 41.8 Å². The van der Waals surface area contributed by atoms with E-state index in [9.17, 15) is 4.79 Å². The van der Waals surface area contributed by atoms with Crippen molar-refractivity contribution in [3.63, 3.8) is 0 Å². The molecule has 0 unspecified atom stereocenters. The van der Waals surface area contributed by atoms with Crippen LogP contribution in [-0.2, 0) is 0 Å². The van der Waals surface area contributed by atoms with Crippen LogP contribution in [0.1, 0.15) is 62.2 Å². The lowest BCUT2D eigenvalue weighted by Crippen LogP contribution is -2.00. The number of carbonyl (C=O) groups is 1. The summed E-state index contributed by atoms with van der Waals surface area (Å²) in [6.07, 6.45) is 11.4. The minimum absolute atomic E-state index is 0.208. The zero-order chi connectivity index (χ0) is 14.5. The van der Waals surface area contributed by atoms with Gasteiger partial charge in [-0.2, -0.15) is 0 Å². The van der Waals surface area contributed by atoms with Crippen LogP contribution >= 0.6 is 11.8 Å². The van der Waals surface area contributed by atoms with E-state index in [0.717, 1.165) is 12.0 Å². The van der Waals surface area contributed by atoms with Crippen molar-refractivity contribution < 1.29 is 4.79 Å². The third kappa shape index (κ3) is 8.21. The first-order valence-corrected chi connectivity index (χ1v) is 8.74. The van der Waals surface area contributed by atoms with Gasteiger partial charge in [0.2, 0.25) is 0 Å². The summed E-state index contributed by atoms with van der Waals surface area (Å²) in [5.41, 5.74) is 0.810. The molecule has 110 valence electrons. The summed E-state index contributed by atoms with van der Waals surface area (Å²) in [6.45, 7) is 2.25. The molecule has 0 saturated carbocycles. The van der Waals surface area contributed by atoms with Crippen molar-refractivity contribution in [1.82, 2.24) is 0 Å². The van der Waals surface area contributed by atoms with Crippen LogP contribution in [0.2, 0.25) is 0 Å². The van der Waals surface area contributed by atoms with Gasteiger partial charge in [-0.05, 0) is 18.2 Å². The van der Waals surface area contributed by atoms with Crippen LogP contribution in [-0.4, -0.2) is 11.5 Å². The Hall–Kier alpha value is -1.02. The van der Waals surface area contributed by atoms with E-state index in [2.05, 4.69) is 18.4 Å². The Balaban J connectivity index is 2.01. The van der Waals surface area contributed by atoms with Crippen LogP contribution in [0.25, 0.3) is 0 Å². The number of benzene rings is 1. The molecule has 0 amide bonds. The summed E-state index contributed by atoms with van der Waals surface area (Å²) >= 11 is 1.60. The van der Waals surface area contributed by atoms with Gasteiger partial charge in [0.15, 0.2) is 5.78 Å². The molecule has 0 saturated heterocycles. The van der Waals surface area contributed by atoms with Gasteiger partial charge in [0, 0.05) is 5.56 Å². The van der Waals surface area contributed by atoms with Gasteiger partial charge in [-0.15, -0.1) is 11.8 Å². The van der Waals surface area contributed by atoms with Crippen LogP contribution in [0.4, 0.5) is 0 Å². The molecule has 0 aliphatic carbocycles. The maximum Gasteiger partial charge on any atom is 0.173 e. The molecule has 1 aromatic rings. The molecule has 1 aromatic carbocycles. The van der Waals surface area contributed by atoms with Crippen molar-refractivity contribution in [2.75, 3.05) is 5.75 Å². The standard InChI is InChI=1S/C18H26OS/c1-2-3-4-5-6-7-8-12-15-20-16-18(19)17-13-10-9-11-14-17/h9-15H,2-8,16H2,1H3/b15-12-. The fourth-order valence-electron chi connectivity index (χ4n) is 2.01. The smallest absolute Gasteiger partial charge is 0.173 e. The second-order valence-corrected chi connectivity index (χ2v) is 5.92. The molecule has 20 heavy (non-hydrogen) atoms. The summed E-state index contributed by atoms with van der Waals surface area (Å²) < 4.78 is 0. The number of ketones is 1. The fraction of sp³-hybridized carbons (Fsp3) is 0.500. The highest BCUT2D eigenvalue weighted by Crippen LogP contribution is 2.11. The number of hydrogen-bond acceptors (Lipinski definition) is 2. The largest absolute Gasteiger partial charge is 0.293 e. The molecule has 0 spiro atoms. The maximum atomic E-state index is 11.8. The molecule has 0 heterocycles. The summed E-state index contributed by atoms with van der Waals surface area (Å²) in [7, 11) is 0. The highest BCUT2D eigenvalue weighted by atomic mass is 32.2. The molecule has 1 rings (SSSR count). The van der Waals surface area contributed by atoms with Gasteiger partial charge < -0.3 is 0 Å². The van der Waals surface area contributed by atoms with Crippen molar-refractivity contribution in [3.05, 3.63) is 47.4 Å². The van der Waals surface area contributed by atoms with E-state index in [1.165, 1.54) is 38.5 Å². The quantitative estimate of drug-likeness (QED) is 0.374. The maximum absolute atomic E-state index is 11.8. The number of thioether (sulfide) groups is 1. The van der Waals surface area contributed by atoms with E-state index < -0.39 is 0 Å². The lowest BCUT2D eigenvalue weighted by Gasteiger charge is -1.98. The van der Waals surface area contributed by atoms with Gasteiger partial charge in [-0.3, -0.25) is 4.79 Å². The number of carbonyl (C=O) groups excluding carboxylic acids is 1. The van der Waals surface area contributed by atoms with Gasteiger partial charge in [-0.1, -0.05) is 75.4 Å². The number of rotatable bonds is 11. The van der Waals surface area contributed by atoms with Gasteiger partial charge >= 0.3 is 0 Å². The van der Waals surface area contributed by atoms with E-state index in [0.29, 0.717) is 5.75 Å². The minimum Gasteiger partial charge on any atom is -0.293 e. The van der Waals surface area contributed by atoms with Crippen molar-refractivity contribution in [1.29, 1.82) is 0 Å². The summed E-state index contributed by atoms with van der Waals surface area (Å²) in [5.74, 6) is 0.747. The second-order valence-electron chi connectivity index (χ2n) is 5.03. The predicted molar refractivity (Wildman–Crippen MR) is 90.4 cm³/mol. The Bertz CT molecular complexity index is 384. The van der Waals surface area contributed by atoms with Crippen LogP contribution in [0.5, 0.6) is 0 Å². The predicted octanol–water partition coefficient (Wildman–Crippen LogP) is 5.87. The topological polar surface area (TPSA) is 17.1 Å². The average Bonchev–Trinajstić information content (AvgIpc) is 2.50. The summed E-state index contributed by atoms with van der Waals surface area (Å²) in [5, 5.41) is 2.08. The monoisotopic (exact) mass is 290 g/mol. The van der Waals surface area contributed by atoms with Crippen molar-refractivity contribution >= 4 is 17.5 Å². The number of allylic oxidation sites excluding steroid dienone is 1. The van der Waals surface area contributed by atoms with Crippen LogP contribution in [0, 0.1) is 0 Å². The van der Waals surface area contributed by atoms with Crippen LogP contribution < -0.4 is 0 Å². The van der Waals surface area contributed by atoms with Crippen molar-refractivity contribution in [3.8, 4) is 0 Å². The highest BCUT2D eigenvalue weighted by molar-refractivity contribution is 8.02. The Morgan fingerprint density at radius 3 is 2.50 bits per heavy atom.